The molecule has 6 N–H and O–H groups in total. The highest BCUT2D eigenvalue weighted by molar-refractivity contribution is 6.03. The Hall–Kier alpha value is -5.74. The minimum atomic E-state index is -4.06. The van der Waals surface area contributed by atoms with Gasteiger partial charge in [0.15, 0.2) is 23.3 Å². The maximum atomic E-state index is 13.1. The minimum absolute atomic E-state index is 0. The van der Waals surface area contributed by atoms with Gasteiger partial charge in [-0.3, -0.25) is 19.4 Å². The van der Waals surface area contributed by atoms with Gasteiger partial charge in [0.25, 0.3) is 0 Å². The number of aromatic nitrogens is 4. The lowest BCUT2D eigenvalue weighted by Crippen LogP contribution is -2.39. The van der Waals surface area contributed by atoms with E-state index in [1.165, 1.54) is 29.2 Å². The molecule has 0 aliphatic carbocycles. The van der Waals surface area contributed by atoms with Crippen LogP contribution in [0.1, 0.15) is 160 Å². The average molecular weight is 894 g/mol. The molecule has 2 aromatic heterocycles. The smallest absolute Gasteiger partial charge is 0.320 e. The highest BCUT2D eigenvalue weighted by Gasteiger charge is 2.29. The number of hydrogen-bond acceptors (Lipinski definition) is 14. The van der Waals surface area contributed by atoms with Gasteiger partial charge in [-0.25, -0.2) is 0 Å². The average Bonchev–Trinajstić information content (AvgIpc) is 1.54. The van der Waals surface area contributed by atoms with Gasteiger partial charge in [-0.2, -0.15) is 19.9 Å². The monoisotopic (exact) mass is 894 g/mol. The van der Waals surface area contributed by atoms with E-state index in [2.05, 4.69) is 25.3 Å². The van der Waals surface area contributed by atoms with Crippen molar-refractivity contribution < 1.29 is 78.0 Å². The number of carbonyl (C=O) groups is 2. The number of anilines is 6. The van der Waals surface area contributed by atoms with E-state index in [0.29, 0.717) is 23.0 Å². The van der Waals surface area contributed by atoms with Crippen LogP contribution in [-0.4, -0.2) is 93.2 Å². The number of nitrogens with two attached hydrogens (primary N) is 2. The van der Waals surface area contributed by atoms with E-state index >= 15 is 0 Å². The number of rotatable bonds is 16. The predicted octanol–water partition coefficient (Wildman–Crippen LogP) is 6.61. The van der Waals surface area contributed by atoms with Crippen LogP contribution in [-0.2, 0) is 35.7 Å². The first-order valence-corrected chi connectivity index (χ1v) is 17.2. The van der Waals surface area contributed by atoms with Crippen LogP contribution >= 0.6 is 0 Å². The molecule has 4 aromatic rings. The molecule has 2 saturated heterocycles. The number of fused-ring (bicyclic) bond motifs is 2. The molecule has 1 unspecified atom stereocenters. The van der Waals surface area contributed by atoms with Crippen molar-refractivity contribution in [3.05, 3.63) is 70.7 Å². The predicted molar refractivity (Wildman–Crippen MR) is 246 cm³/mol. The molecule has 6 heterocycles. The van der Waals surface area contributed by atoms with Gasteiger partial charge in [0, 0.05) is 74.6 Å². The van der Waals surface area contributed by atoms with Gasteiger partial charge < -0.3 is 41.4 Å². The van der Waals surface area contributed by atoms with Crippen LogP contribution in [0.5, 0.6) is 12.0 Å². The Labute approximate surface area is 427 Å². The zero-order valence-corrected chi connectivity index (χ0v) is 31.3. The highest BCUT2D eigenvalue weighted by Crippen LogP contribution is 2.36. The van der Waals surface area contributed by atoms with Crippen LogP contribution in [0.25, 0.3) is 0 Å². The van der Waals surface area contributed by atoms with E-state index < -0.39 is 212 Å². The number of ether oxygens (including phenoxy) is 2. The van der Waals surface area contributed by atoms with Crippen molar-refractivity contribution in [3.8, 4) is 12.0 Å². The molecular weight excluding hydrogens is 785 g/mol. The highest BCUT2D eigenvalue weighted by atomic mass is 16.5. The number of nitrogens with zero attached hydrogens (tertiary/aromatic N) is 8. The largest absolute Gasteiger partial charge is 0.463 e. The molecule has 334 valence electrons. The van der Waals surface area contributed by atoms with Gasteiger partial charge in [0.1, 0.15) is 11.4 Å². The summed E-state index contributed by atoms with van der Waals surface area (Å²) < 4.78 is 358. The summed E-state index contributed by atoms with van der Waals surface area (Å²) >= 11 is 0. The third-order valence-corrected chi connectivity index (χ3v) is 7.87. The van der Waals surface area contributed by atoms with Crippen molar-refractivity contribution >= 4 is 46.5 Å². The van der Waals surface area contributed by atoms with Crippen LogP contribution in [0, 0.1) is 0 Å². The van der Waals surface area contributed by atoms with Gasteiger partial charge >= 0.3 is 12.0 Å². The second-order valence-electron chi connectivity index (χ2n) is 12.0. The summed E-state index contributed by atoms with van der Waals surface area (Å²) in [7, 11) is 0. The molecule has 0 bridgehead atoms. The Morgan fingerprint density at radius 2 is 1.32 bits per heavy atom. The lowest BCUT2D eigenvalue weighted by molar-refractivity contribution is -0.116. The fourth-order valence-electron chi connectivity index (χ4n) is 5.26. The Morgan fingerprint density at radius 3 is 1.89 bits per heavy atom. The van der Waals surface area contributed by atoms with Gasteiger partial charge in [0.05, 0.1) is 42.6 Å². The molecule has 16 nitrogen and oxygen atoms in total. The number of nitrogen functional groups attached to an aromatic ring is 2. The van der Waals surface area contributed by atoms with Gasteiger partial charge in [-0.15, -0.1) is 0 Å². The quantitative estimate of drug-likeness (QED) is 0.0939. The third-order valence-electron chi connectivity index (χ3n) is 7.87. The zero-order valence-electron chi connectivity index (χ0n) is 74.3. The van der Waals surface area contributed by atoms with E-state index in [4.69, 9.17) is 79.9 Å². The van der Waals surface area contributed by atoms with Crippen molar-refractivity contribution in [2.75, 3.05) is 77.6 Å². The summed E-state index contributed by atoms with van der Waals surface area (Å²) in [5.74, 6) is -4.98. The molecule has 0 spiro atoms. The Morgan fingerprint density at radius 1 is 0.774 bits per heavy atom. The normalized spacial score (nSPS) is 37.5. The van der Waals surface area contributed by atoms with E-state index in [9.17, 15) is 9.59 Å². The first-order chi connectivity index (χ1) is 46.0. The number of carbonyl (C=O) groups excluding carboxylic acids is 2. The first kappa shape index (κ1) is 15.8. The Bertz CT molecular complexity index is 3990. The van der Waals surface area contributed by atoms with Crippen LogP contribution in [0.2, 0.25) is 0 Å². The van der Waals surface area contributed by atoms with Crippen LogP contribution in [0.3, 0.4) is 0 Å². The fraction of sp³-hybridized carbons (Fsp3) is 0.522. The SMILES string of the molecule is C.[2H]C([2H])([2H])C([2H])([2H])C([2H])([2H])C([2H])([2H])Oc1nc(N)c2c(n1)N(Cc1ccc(CN3C([2H])([2H])C([2H])([2H])C([2H])([2H])C3([2H])[2H])cc1)CC(=O)N2.[2H]c1c([2H])c(C([2H])([2H])N2C([2H])([2H])C([2H])([2H])C([2H])([2H])C2([2H])C)c([2H])c([2H])c1C([2H])([2H])N1c2nc(OC([2H])([2H])C([2H])([2H])C([2H])([2H])C([2H])([2H])[2H])nc(N)c2NC(=O)C1([2H])[2H]. The summed E-state index contributed by atoms with van der Waals surface area (Å²) in [5.41, 5.74) is 8.75. The summed E-state index contributed by atoms with van der Waals surface area (Å²) in [6, 6.07) is -5.61. The molecule has 16 heteroatoms. The van der Waals surface area contributed by atoms with Gasteiger partial charge in [-0.1, -0.05) is 82.3 Å². The van der Waals surface area contributed by atoms with Crippen LogP contribution in [0.4, 0.5) is 34.6 Å². The molecule has 2 fully saturated rings. The first-order valence-electron chi connectivity index (χ1n) is 38.7. The number of benzene rings is 2. The Balaban J connectivity index is 0.000000332. The molecule has 0 saturated carbocycles. The minimum Gasteiger partial charge on any atom is -0.463 e. The van der Waals surface area contributed by atoms with Crippen LogP contribution < -0.4 is 41.4 Å². The third kappa shape index (κ3) is 12.0. The summed E-state index contributed by atoms with van der Waals surface area (Å²) in [6.45, 7) is -36.4. The van der Waals surface area contributed by atoms with Gasteiger partial charge in [0.2, 0.25) is 11.8 Å². The van der Waals surface area contributed by atoms with E-state index in [0.717, 1.165) is 0 Å². The van der Waals surface area contributed by atoms with Crippen molar-refractivity contribution in [1.82, 2.24) is 29.7 Å². The van der Waals surface area contributed by atoms with E-state index in [-0.39, 0.29) is 41.8 Å². The van der Waals surface area contributed by atoms with Gasteiger partial charge in [-0.05, 0) is 86.9 Å². The zero-order chi connectivity index (χ0) is 80.8. The number of hydrogen-bond donors (Lipinski definition) is 4. The lowest BCUT2D eigenvalue weighted by Gasteiger charge is -2.30. The number of amides is 2. The number of nitrogens with one attached hydrogen (secondary N) is 2. The van der Waals surface area contributed by atoms with Crippen molar-refractivity contribution in [2.24, 2.45) is 0 Å². The molecule has 0 radical (unpaired) electrons. The standard InChI is InChI=1S/C23H32N6O2.C22H30N6O2.CH4/c1-3-4-12-31-23-26-21(24)20-22(27-23)29(15-19(30)25-20)14-18-9-7-17(8-10-18)13-28-11-5-6-16(28)2;1-2-3-12-30-22-25-20(23)19-21(26-22)28(15-18(29)24-19)14-17-8-6-16(7-9-17)13-27-10-4-5-11-27;/h7-10,16H,3-6,11-15H2,1-2H3,(H,25,30)(H2,24,26,27);6-9H,2-5,10-15H2,1H3,(H,24,29)(H2,23,25,26);1H4/i1D3,3D2,4D2,5D2,6D2,7D,8D,9D,10D,11D2,12D2,13D2,14D2,15D2,16D;1D3,2D2,3D2,4D2,5D2,10D2,11D2,12D2;. The summed E-state index contributed by atoms with van der Waals surface area (Å²) in [6.07, 6.45) is -29.0. The molecule has 2 aromatic carbocycles. The molecule has 2 amide bonds. The number of likely N-dealkylation sites (tertiary alicyclic amines) is 2. The second kappa shape index (κ2) is 21.9. The summed E-state index contributed by atoms with van der Waals surface area (Å²) in [4.78, 5) is 41.7. The molecule has 8 rings (SSSR count). The van der Waals surface area contributed by atoms with Crippen molar-refractivity contribution in [3.63, 3.8) is 0 Å². The molecule has 62 heavy (non-hydrogen) atoms. The van der Waals surface area contributed by atoms with Crippen molar-refractivity contribution in [1.29, 1.82) is 0 Å². The van der Waals surface area contributed by atoms with E-state index in [1.54, 1.807) is 0 Å². The van der Waals surface area contributed by atoms with E-state index in [1.807, 2.05) is 5.32 Å². The summed E-state index contributed by atoms with van der Waals surface area (Å²) in [5, 5.41) is 4.37. The maximum absolute atomic E-state index is 13.1. The molecule has 4 aliphatic heterocycles. The van der Waals surface area contributed by atoms with Crippen molar-refractivity contribution in [2.45, 2.75) is 111 Å². The maximum Gasteiger partial charge on any atom is 0.320 e. The topological polar surface area (TPSA) is 193 Å². The lowest BCUT2D eigenvalue weighted by atomic mass is 10.1. The molecule has 1 atom stereocenters. The van der Waals surface area contributed by atoms with Crippen LogP contribution in [0.15, 0.2) is 48.4 Å². The molecular formula is C46H66N12O4. The molecule has 4 aliphatic rings. The second-order valence-corrected chi connectivity index (χ2v) is 12.0. The fourth-order valence-corrected chi connectivity index (χ4v) is 5.26. The Kier molecular flexibility index (Phi) is 5.57.